The van der Waals surface area contributed by atoms with E-state index in [-0.39, 0.29) is 18.5 Å². The van der Waals surface area contributed by atoms with Crippen LogP contribution in [-0.4, -0.2) is 51.4 Å². The van der Waals surface area contributed by atoms with E-state index in [2.05, 4.69) is 42.2 Å². The van der Waals surface area contributed by atoms with Gasteiger partial charge < -0.3 is 20.1 Å². The van der Waals surface area contributed by atoms with Crippen LogP contribution < -0.4 is 10.2 Å². The highest BCUT2D eigenvalue weighted by atomic mass is 79.9. The molecule has 1 unspecified atom stereocenters. The average Bonchev–Trinajstić information content (AvgIpc) is 3.50. The van der Waals surface area contributed by atoms with Gasteiger partial charge in [0.05, 0.1) is 17.4 Å². The molecule has 7 nitrogen and oxygen atoms in total. The van der Waals surface area contributed by atoms with Crippen LogP contribution in [0.1, 0.15) is 30.2 Å². The molecule has 1 amide bonds. The molecule has 2 aliphatic rings. The highest BCUT2D eigenvalue weighted by molar-refractivity contribution is 9.10. The largest absolute Gasteiger partial charge is 0.345 e. The molecule has 0 radical (unpaired) electrons. The summed E-state index contributed by atoms with van der Waals surface area (Å²) in [6.45, 7) is 1.78. The Hall–Kier alpha value is -2.30. The summed E-state index contributed by atoms with van der Waals surface area (Å²) in [6, 6.07) is 7.88. The topological polar surface area (TPSA) is 76.6 Å². The molecule has 0 bridgehead atoms. The molecule has 2 aromatic heterocycles. The molecule has 5 rings (SSSR count). The quantitative estimate of drug-likeness (QED) is 0.507. The van der Waals surface area contributed by atoms with E-state index in [1.807, 2.05) is 28.5 Å². The molecule has 31 heavy (non-hydrogen) atoms. The van der Waals surface area contributed by atoms with Gasteiger partial charge in [-0.25, -0.2) is 4.98 Å². The maximum absolute atomic E-state index is 12.7. The van der Waals surface area contributed by atoms with Crippen LogP contribution in [0.2, 0.25) is 0 Å². The Balaban J connectivity index is 1.47. The number of aromatic amines is 1. The van der Waals surface area contributed by atoms with E-state index in [0.29, 0.717) is 10.9 Å². The molecule has 2 fully saturated rings. The first kappa shape index (κ1) is 20.6. The molecule has 160 valence electrons. The van der Waals surface area contributed by atoms with Crippen LogP contribution in [0, 0.1) is 0 Å². The zero-order valence-corrected chi connectivity index (χ0v) is 19.9. The van der Waals surface area contributed by atoms with Gasteiger partial charge in [0.2, 0.25) is 5.91 Å². The van der Waals surface area contributed by atoms with Crippen molar-refractivity contribution in [2.24, 2.45) is 4.99 Å². The molecule has 1 atom stereocenters. The van der Waals surface area contributed by atoms with Crippen LogP contribution in [0.5, 0.6) is 0 Å². The number of H-pyrrole nitrogens is 1. The number of thiocarbonyl (C=S) groups is 1. The van der Waals surface area contributed by atoms with E-state index in [1.165, 1.54) is 6.42 Å². The van der Waals surface area contributed by atoms with Crippen LogP contribution in [0.4, 0.5) is 5.69 Å². The lowest BCUT2D eigenvalue weighted by Crippen LogP contribution is -2.37. The Morgan fingerprint density at radius 3 is 2.90 bits per heavy atom. The minimum atomic E-state index is -0.210. The fourth-order valence-electron chi connectivity index (χ4n) is 4.07. The van der Waals surface area contributed by atoms with E-state index in [0.717, 1.165) is 52.0 Å². The van der Waals surface area contributed by atoms with E-state index >= 15 is 0 Å². The minimum absolute atomic E-state index is 0.0726. The number of thiophene rings is 1. The Morgan fingerprint density at radius 1 is 1.29 bits per heavy atom. The Labute approximate surface area is 197 Å². The molecule has 10 heteroatoms. The number of piperidine rings is 1. The van der Waals surface area contributed by atoms with Crippen LogP contribution in [0.3, 0.4) is 0 Å². The average molecular weight is 517 g/mol. The smallest absolute Gasteiger partial charge is 0.244 e. The number of aliphatic imine (C=N–C) groups is 1. The molecular weight excluding hydrogens is 496 g/mol. The number of hydrogen-bond acceptors (Lipinski definition) is 5. The highest BCUT2D eigenvalue weighted by Crippen LogP contribution is 2.37. The number of benzene rings is 1. The molecule has 4 heterocycles. The third-order valence-electron chi connectivity index (χ3n) is 5.60. The molecule has 2 N–H and O–H groups in total. The maximum atomic E-state index is 12.7. The van der Waals surface area contributed by atoms with Gasteiger partial charge in [-0.15, -0.1) is 11.3 Å². The molecular formula is C21H21BrN6OS2. The summed E-state index contributed by atoms with van der Waals surface area (Å²) in [5.41, 5.74) is 2.78. The minimum Gasteiger partial charge on any atom is -0.345 e. The zero-order valence-electron chi connectivity index (χ0n) is 16.7. The van der Waals surface area contributed by atoms with E-state index in [9.17, 15) is 4.79 Å². The number of likely N-dealkylation sites (tertiary alicyclic amines) is 1. The molecule has 2 aliphatic heterocycles. The molecule has 0 spiro atoms. The summed E-state index contributed by atoms with van der Waals surface area (Å²) in [5.74, 6) is 0.776. The number of rotatable bonds is 4. The van der Waals surface area contributed by atoms with Gasteiger partial charge in [0.1, 0.15) is 18.4 Å². The third-order valence-corrected chi connectivity index (χ3v) is 7.65. The van der Waals surface area contributed by atoms with Gasteiger partial charge in [-0.3, -0.25) is 9.79 Å². The number of fused-ring (bicyclic) bond motifs is 1. The van der Waals surface area contributed by atoms with Gasteiger partial charge in [-0.2, -0.15) is 0 Å². The number of carbonyl (C=O) groups is 1. The van der Waals surface area contributed by atoms with Gasteiger partial charge in [0, 0.05) is 33.5 Å². The lowest BCUT2D eigenvalue weighted by Gasteiger charge is -2.26. The SMILES string of the molecule is O=C(C/N=C1\NC(=S)N(c2ccc3nc[nH]c3c2)C1c1cc(Br)cs1)N1CCCCC1. The van der Waals surface area contributed by atoms with Gasteiger partial charge in [0.25, 0.3) is 0 Å². The van der Waals surface area contributed by atoms with Crippen molar-refractivity contribution in [1.82, 2.24) is 20.2 Å². The number of imidazole rings is 1. The monoisotopic (exact) mass is 516 g/mol. The fraction of sp³-hybridized carbons (Fsp3) is 0.333. The lowest BCUT2D eigenvalue weighted by molar-refractivity contribution is -0.130. The molecule has 0 aliphatic carbocycles. The first-order valence-corrected chi connectivity index (χ1v) is 12.3. The summed E-state index contributed by atoms with van der Waals surface area (Å²) in [5, 5.41) is 5.87. The number of hydrogen-bond donors (Lipinski definition) is 2. The summed E-state index contributed by atoms with van der Waals surface area (Å²) in [7, 11) is 0. The summed E-state index contributed by atoms with van der Waals surface area (Å²) in [6.07, 6.45) is 5.02. The van der Waals surface area contributed by atoms with E-state index in [1.54, 1.807) is 17.7 Å². The van der Waals surface area contributed by atoms with Crippen LogP contribution in [0.25, 0.3) is 11.0 Å². The Morgan fingerprint density at radius 2 is 2.13 bits per heavy atom. The molecule has 1 aromatic carbocycles. The number of aromatic nitrogens is 2. The standard InChI is InChI=1S/C21H21BrN6OS2/c22-13-8-17(31-11-13)19-20(23-10-18(29)27-6-2-1-3-7-27)26-21(30)28(19)14-4-5-15-16(9-14)25-12-24-15/h4-5,8-9,11-12,19H,1-3,6-7,10H2,(H,24,25)(H,23,26,30). The molecule has 3 aromatic rings. The predicted octanol–water partition coefficient (Wildman–Crippen LogP) is 4.23. The van der Waals surface area contributed by atoms with Gasteiger partial charge in [0.15, 0.2) is 5.11 Å². The maximum Gasteiger partial charge on any atom is 0.244 e. The van der Waals surface area contributed by atoms with Crippen molar-refractivity contribution in [3.05, 3.63) is 45.3 Å². The predicted molar refractivity (Wildman–Crippen MR) is 132 cm³/mol. The van der Waals surface area contributed by atoms with Crippen LogP contribution in [0.15, 0.2) is 45.4 Å². The van der Waals surface area contributed by atoms with Crippen LogP contribution in [-0.2, 0) is 4.79 Å². The number of amides is 1. The number of carbonyl (C=O) groups excluding carboxylic acids is 1. The second-order valence-electron chi connectivity index (χ2n) is 7.62. The second-order valence-corrected chi connectivity index (χ2v) is 9.86. The Bertz CT molecular complexity index is 1170. The highest BCUT2D eigenvalue weighted by Gasteiger charge is 2.37. The lowest BCUT2D eigenvalue weighted by atomic mass is 10.1. The van der Waals surface area contributed by atoms with Gasteiger partial charge in [-0.1, -0.05) is 0 Å². The number of nitrogens with zero attached hydrogens (tertiary/aromatic N) is 4. The normalized spacial score (nSPS) is 20.6. The van der Waals surface area contributed by atoms with Crippen molar-refractivity contribution in [1.29, 1.82) is 0 Å². The van der Waals surface area contributed by atoms with Crippen molar-refractivity contribution in [3.8, 4) is 0 Å². The first-order chi connectivity index (χ1) is 15.1. The van der Waals surface area contributed by atoms with Crippen LogP contribution >= 0.6 is 39.5 Å². The van der Waals surface area contributed by atoms with Crippen molar-refractivity contribution in [2.75, 3.05) is 24.5 Å². The summed E-state index contributed by atoms with van der Waals surface area (Å²) < 4.78 is 1.01. The summed E-state index contributed by atoms with van der Waals surface area (Å²) in [4.78, 5) is 29.9. The van der Waals surface area contributed by atoms with Crippen molar-refractivity contribution >= 4 is 73.1 Å². The van der Waals surface area contributed by atoms with Crippen molar-refractivity contribution < 1.29 is 4.79 Å². The van der Waals surface area contributed by atoms with E-state index < -0.39 is 0 Å². The van der Waals surface area contributed by atoms with Crippen molar-refractivity contribution in [3.63, 3.8) is 0 Å². The molecule has 0 saturated carbocycles. The summed E-state index contributed by atoms with van der Waals surface area (Å²) >= 11 is 10.9. The van der Waals surface area contributed by atoms with Gasteiger partial charge >= 0.3 is 0 Å². The van der Waals surface area contributed by atoms with E-state index in [4.69, 9.17) is 17.2 Å². The third kappa shape index (κ3) is 4.11. The number of amidine groups is 1. The molecule has 2 saturated heterocycles. The Kier molecular flexibility index (Phi) is 5.77. The second kappa shape index (κ2) is 8.68. The first-order valence-electron chi connectivity index (χ1n) is 10.2. The fourth-order valence-corrected chi connectivity index (χ4v) is 5.92. The zero-order chi connectivity index (χ0) is 21.4. The van der Waals surface area contributed by atoms with Crippen molar-refractivity contribution in [2.45, 2.75) is 25.3 Å². The number of halogens is 1. The number of nitrogens with one attached hydrogen (secondary N) is 2. The number of anilines is 1. The van der Waals surface area contributed by atoms with Gasteiger partial charge in [-0.05, 0) is 71.7 Å².